The van der Waals surface area contributed by atoms with Gasteiger partial charge >= 0.3 is 6.18 Å². The van der Waals surface area contributed by atoms with E-state index >= 15 is 0 Å². The van der Waals surface area contributed by atoms with Crippen LogP contribution in [-0.2, 0) is 12.7 Å². The molecule has 0 aliphatic rings. The van der Waals surface area contributed by atoms with Gasteiger partial charge in [-0.15, -0.1) is 0 Å². The number of pyridine rings is 1. The van der Waals surface area contributed by atoms with E-state index in [1.54, 1.807) is 25.7 Å². The van der Waals surface area contributed by atoms with Crippen LogP contribution in [0.1, 0.15) is 42.6 Å². The predicted octanol–water partition coefficient (Wildman–Crippen LogP) is 5.26. The van der Waals surface area contributed by atoms with E-state index in [0.29, 0.717) is 11.3 Å². The molecule has 9 heteroatoms. The van der Waals surface area contributed by atoms with Crippen LogP contribution in [0.25, 0.3) is 10.2 Å². The lowest BCUT2D eigenvalue weighted by Crippen LogP contribution is -2.18. The van der Waals surface area contributed by atoms with Crippen molar-refractivity contribution in [3.05, 3.63) is 59.0 Å². The minimum Gasteiger partial charge on any atom is -0.492 e. The fraction of sp³-hybridized carbons (Fsp3) is 0.333. The monoisotopic (exact) mass is 436 g/mol. The number of ether oxygens (including phenoxy) is 1. The Balaban J connectivity index is 2.11. The molecule has 1 amide bonds. The summed E-state index contributed by atoms with van der Waals surface area (Å²) in [7, 11) is 0. The molecule has 1 radical (unpaired) electrons. The number of hydrogen-bond donors (Lipinski definition) is 0. The Morgan fingerprint density at radius 3 is 2.83 bits per heavy atom. The highest BCUT2D eigenvalue weighted by molar-refractivity contribution is 7.16. The maximum Gasteiger partial charge on any atom is 0.416 e. The Labute approximate surface area is 175 Å². The molecule has 0 unspecified atom stereocenters. The van der Waals surface area contributed by atoms with Crippen molar-refractivity contribution < 1.29 is 22.7 Å². The summed E-state index contributed by atoms with van der Waals surface area (Å²) in [5.41, 5.74) is -0.304. The molecule has 2 aromatic heterocycles. The molecular weight excluding hydrogens is 415 g/mol. The summed E-state index contributed by atoms with van der Waals surface area (Å²) in [4.78, 5) is 21.6. The minimum atomic E-state index is -4.57. The lowest BCUT2D eigenvalue weighted by atomic mass is 10.1. The maximum absolute atomic E-state index is 13.2. The van der Waals surface area contributed by atoms with E-state index in [-0.39, 0.29) is 17.9 Å². The summed E-state index contributed by atoms with van der Waals surface area (Å²) < 4.78 is 47.8. The van der Waals surface area contributed by atoms with Gasteiger partial charge in [-0.3, -0.25) is 9.78 Å². The average Bonchev–Trinajstić information content (AvgIpc) is 3.06. The normalized spacial score (nSPS) is 12.5. The molecule has 3 aromatic rings. The van der Waals surface area contributed by atoms with E-state index in [0.717, 1.165) is 41.3 Å². The van der Waals surface area contributed by atoms with Gasteiger partial charge in [0.15, 0.2) is 4.80 Å². The second-order valence-corrected chi connectivity index (χ2v) is 7.59. The molecule has 1 aromatic carbocycles. The van der Waals surface area contributed by atoms with Gasteiger partial charge in [-0.1, -0.05) is 31.6 Å². The number of hydrogen-bond acceptors (Lipinski definition) is 4. The highest BCUT2D eigenvalue weighted by Gasteiger charge is 2.32. The van der Waals surface area contributed by atoms with Crippen molar-refractivity contribution in [2.24, 2.45) is 4.99 Å². The highest BCUT2D eigenvalue weighted by atomic mass is 32.1. The van der Waals surface area contributed by atoms with Gasteiger partial charge < -0.3 is 9.30 Å². The third kappa shape index (κ3) is 4.89. The smallest absolute Gasteiger partial charge is 0.416 e. The number of halogens is 3. The Morgan fingerprint density at radius 1 is 1.33 bits per heavy atom. The molecule has 2 heterocycles. The van der Waals surface area contributed by atoms with Gasteiger partial charge in [0.25, 0.3) is 5.91 Å². The second-order valence-electron chi connectivity index (χ2n) is 6.58. The lowest BCUT2D eigenvalue weighted by molar-refractivity contribution is -0.137. The van der Waals surface area contributed by atoms with Crippen LogP contribution in [0.5, 0.6) is 5.75 Å². The summed E-state index contributed by atoms with van der Waals surface area (Å²) in [6.07, 6.45) is 2.27. The molecule has 30 heavy (non-hydrogen) atoms. The number of carbonyl (C=O) groups excluding carboxylic acids is 1. The van der Waals surface area contributed by atoms with Crippen molar-refractivity contribution >= 4 is 27.5 Å². The number of amides is 1. The number of carbonyl (C=O) groups is 1. The number of rotatable bonds is 7. The number of fused-ring (bicyclic) bond motifs is 1. The molecule has 5 nitrogen and oxygen atoms in total. The third-order valence-electron chi connectivity index (χ3n) is 4.36. The average molecular weight is 436 g/mol. The van der Waals surface area contributed by atoms with Gasteiger partial charge in [0.2, 0.25) is 0 Å². The number of unbranched alkanes of at least 4 members (excludes halogenated alkanes) is 1. The van der Waals surface area contributed by atoms with Crippen LogP contribution in [0.3, 0.4) is 0 Å². The molecule has 0 spiro atoms. The fourth-order valence-corrected chi connectivity index (χ4v) is 3.88. The Morgan fingerprint density at radius 2 is 2.13 bits per heavy atom. The highest BCUT2D eigenvalue weighted by Crippen LogP contribution is 2.33. The first-order chi connectivity index (χ1) is 14.3. The summed E-state index contributed by atoms with van der Waals surface area (Å²) >= 11 is 1.30. The molecule has 0 aliphatic carbocycles. The van der Waals surface area contributed by atoms with Gasteiger partial charge in [0, 0.05) is 12.7 Å². The van der Waals surface area contributed by atoms with E-state index < -0.39 is 17.6 Å². The van der Waals surface area contributed by atoms with E-state index in [2.05, 4.69) is 9.98 Å². The molecular formula is C21H21F3N3O2S. The number of aromatic nitrogens is 2. The molecule has 3 rings (SSSR count). The molecule has 0 fully saturated rings. The van der Waals surface area contributed by atoms with E-state index in [1.165, 1.54) is 11.3 Å². The first kappa shape index (κ1) is 22.0. The largest absolute Gasteiger partial charge is 0.492 e. The molecule has 0 saturated carbocycles. The summed E-state index contributed by atoms with van der Waals surface area (Å²) in [6.45, 7) is 4.59. The standard InChI is InChI=1S/C21H21F3N3O2S/c1-3-5-10-27-16-13-25-9-8-18(16)30-20(27)26-19(28)15-12-14(21(22,23)24)6-7-17(15)29-11-4-2/h4,6-9,12-13H,3,5,10-11H2,1-2H3/b26-20-. The van der Waals surface area contributed by atoms with Crippen molar-refractivity contribution in [3.8, 4) is 5.75 Å². The minimum absolute atomic E-state index is 0.0673. The number of alkyl halides is 3. The van der Waals surface area contributed by atoms with Crippen LogP contribution in [0, 0.1) is 6.42 Å². The number of nitrogens with zero attached hydrogens (tertiary/aromatic N) is 3. The molecule has 0 atom stereocenters. The van der Waals surface area contributed by atoms with Crippen molar-refractivity contribution in [1.82, 2.24) is 9.55 Å². The van der Waals surface area contributed by atoms with Gasteiger partial charge in [-0.25, -0.2) is 0 Å². The maximum atomic E-state index is 13.2. The number of thiazole rings is 1. The van der Waals surface area contributed by atoms with Crippen LogP contribution in [0.4, 0.5) is 13.2 Å². The topological polar surface area (TPSA) is 56.5 Å². The van der Waals surface area contributed by atoms with Gasteiger partial charge in [0.05, 0.1) is 34.1 Å². The quantitative estimate of drug-likeness (QED) is 0.508. The molecule has 0 bridgehead atoms. The van der Waals surface area contributed by atoms with Gasteiger partial charge in [-0.05, 0) is 37.1 Å². The summed E-state index contributed by atoms with van der Waals surface area (Å²) in [5.74, 6) is -0.713. The zero-order valence-electron chi connectivity index (χ0n) is 16.6. The fourth-order valence-electron chi connectivity index (χ4n) is 2.85. The van der Waals surface area contributed by atoms with E-state index in [1.807, 2.05) is 17.6 Å². The molecule has 159 valence electrons. The summed E-state index contributed by atoms with van der Waals surface area (Å²) in [5, 5.41) is 0. The zero-order valence-corrected chi connectivity index (χ0v) is 17.4. The first-order valence-electron chi connectivity index (χ1n) is 9.49. The van der Waals surface area contributed by atoms with Crippen molar-refractivity contribution in [2.45, 2.75) is 39.4 Å². The predicted molar refractivity (Wildman–Crippen MR) is 109 cm³/mol. The second kappa shape index (κ2) is 9.42. The van der Waals surface area contributed by atoms with E-state index in [4.69, 9.17) is 4.74 Å². The van der Waals surface area contributed by atoms with Gasteiger partial charge in [-0.2, -0.15) is 18.2 Å². The third-order valence-corrected chi connectivity index (χ3v) is 5.42. The Bertz CT molecular complexity index is 1100. The van der Waals surface area contributed by atoms with Crippen molar-refractivity contribution in [1.29, 1.82) is 0 Å². The molecule has 0 aliphatic heterocycles. The van der Waals surface area contributed by atoms with Crippen molar-refractivity contribution in [2.75, 3.05) is 6.61 Å². The van der Waals surface area contributed by atoms with Crippen LogP contribution in [0.2, 0.25) is 0 Å². The van der Waals surface area contributed by atoms with Crippen LogP contribution in [-0.4, -0.2) is 22.1 Å². The van der Waals surface area contributed by atoms with Crippen LogP contribution in [0.15, 0.2) is 41.7 Å². The number of aryl methyl sites for hydroxylation is 1. The van der Waals surface area contributed by atoms with Gasteiger partial charge in [0.1, 0.15) is 5.75 Å². The Hall–Kier alpha value is -2.68. The van der Waals surface area contributed by atoms with Crippen molar-refractivity contribution in [3.63, 3.8) is 0 Å². The molecule has 0 N–H and O–H groups in total. The zero-order chi connectivity index (χ0) is 21.7. The molecule has 0 saturated heterocycles. The summed E-state index contributed by atoms with van der Waals surface area (Å²) in [6, 6.07) is 4.67. The SMILES string of the molecule is C[CH]COc1ccc(C(F)(F)F)cc1C(=O)/N=c1\sc2ccncc2n1CCCC. The lowest BCUT2D eigenvalue weighted by Gasteiger charge is -2.12. The van der Waals surface area contributed by atoms with Crippen LogP contribution < -0.4 is 9.54 Å². The van der Waals surface area contributed by atoms with E-state index in [9.17, 15) is 18.0 Å². The Kier molecular flexibility index (Phi) is 6.91. The first-order valence-corrected chi connectivity index (χ1v) is 10.3. The number of benzene rings is 1. The van der Waals surface area contributed by atoms with Crippen LogP contribution >= 0.6 is 11.3 Å².